The van der Waals surface area contributed by atoms with E-state index in [1.165, 1.54) is 50.3 Å². The average Bonchev–Trinajstić information content (AvgIpc) is 3.21. The first-order valence-electron chi connectivity index (χ1n) is 10.8. The maximum Gasteiger partial charge on any atom is 0.158 e. The minimum absolute atomic E-state index is 0.448. The Kier molecular flexibility index (Phi) is 10.7. The molecule has 0 bridgehead atoms. The molecule has 6 nitrogen and oxygen atoms in total. The first-order chi connectivity index (χ1) is 14.9. The van der Waals surface area contributed by atoms with Crippen molar-refractivity contribution in [1.29, 1.82) is 0 Å². The van der Waals surface area contributed by atoms with Crippen LogP contribution in [0, 0.1) is 11.3 Å². The lowest BCUT2D eigenvalue weighted by atomic mass is 9.77. The maximum atomic E-state index is 6.16. The quantitative estimate of drug-likeness (QED) is 0.372. The molecule has 4 N–H and O–H groups in total. The average molecular weight is 483 g/mol. The third-order valence-electron chi connectivity index (χ3n) is 5.50. The van der Waals surface area contributed by atoms with Gasteiger partial charge in [-0.1, -0.05) is 57.0 Å². The third kappa shape index (κ3) is 7.70. The SMILES string of the molecule is CC(C)C.NS.Nc1nc(N2CCC3(CCCC3)CC2)cnc1Sc1cccnc1Cl. The zero-order valence-corrected chi connectivity index (χ0v) is 21.2. The Bertz CT molecular complexity index is 802. The number of anilines is 2. The van der Waals surface area contributed by atoms with Crippen molar-refractivity contribution in [3.8, 4) is 0 Å². The summed E-state index contributed by atoms with van der Waals surface area (Å²) in [6.07, 6.45) is 11.6. The van der Waals surface area contributed by atoms with Gasteiger partial charge in [0, 0.05) is 19.3 Å². The van der Waals surface area contributed by atoms with Crippen molar-refractivity contribution in [3.63, 3.8) is 0 Å². The molecule has 1 spiro atoms. The topological polar surface area (TPSA) is 94.0 Å². The van der Waals surface area contributed by atoms with Crippen LogP contribution in [0.3, 0.4) is 0 Å². The van der Waals surface area contributed by atoms with Crippen molar-refractivity contribution in [2.24, 2.45) is 16.5 Å². The highest BCUT2D eigenvalue weighted by atomic mass is 35.5. The molecule has 2 aromatic heterocycles. The molecule has 172 valence electrons. The van der Waals surface area contributed by atoms with Gasteiger partial charge in [0.2, 0.25) is 0 Å². The van der Waals surface area contributed by atoms with Crippen LogP contribution >= 0.6 is 36.2 Å². The Hall–Kier alpha value is -1.22. The van der Waals surface area contributed by atoms with E-state index in [1.54, 1.807) is 6.20 Å². The Morgan fingerprint density at radius 1 is 1.10 bits per heavy atom. The predicted octanol–water partition coefficient (Wildman–Crippen LogP) is 5.87. The molecule has 1 saturated carbocycles. The van der Waals surface area contributed by atoms with Gasteiger partial charge in [0.25, 0.3) is 0 Å². The lowest BCUT2D eigenvalue weighted by Crippen LogP contribution is -2.39. The van der Waals surface area contributed by atoms with Gasteiger partial charge in [-0.3, -0.25) is 5.14 Å². The van der Waals surface area contributed by atoms with E-state index >= 15 is 0 Å². The van der Waals surface area contributed by atoms with Crippen LogP contribution in [0.1, 0.15) is 59.3 Å². The minimum Gasteiger partial charge on any atom is -0.381 e. The molecule has 1 aliphatic carbocycles. The number of piperidine rings is 1. The van der Waals surface area contributed by atoms with E-state index in [1.807, 2.05) is 18.3 Å². The van der Waals surface area contributed by atoms with Crippen LogP contribution < -0.4 is 15.8 Å². The highest BCUT2D eigenvalue weighted by Crippen LogP contribution is 2.46. The Balaban J connectivity index is 0.000000513. The number of nitrogens with zero attached hydrogens (tertiary/aromatic N) is 4. The molecule has 0 amide bonds. The fourth-order valence-corrected chi connectivity index (χ4v) is 4.98. The van der Waals surface area contributed by atoms with E-state index in [0.717, 1.165) is 29.7 Å². The van der Waals surface area contributed by atoms with Crippen molar-refractivity contribution in [3.05, 3.63) is 29.7 Å². The number of nitrogens with two attached hydrogens (primary N) is 2. The van der Waals surface area contributed by atoms with E-state index in [2.05, 4.69) is 58.6 Å². The number of halogens is 1. The number of hydrogen-bond donors (Lipinski definition) is 3. The molecule has 4 rings (SSSR count). The molecule has 0 radical (unpaired) electrons. The first-order valence-corrected chi connectivity index (χ1v) is 12.5. The van der Waals surface area contributed by atoms with Crippen molar-refractivity contribution in [2.45, 2.75) is 69.2 Å². The summed E-state index contributed by atoms with van der Waals surface area (Å²) < 4.78 is 0. The summed E-state index contributed by atoms with van der Waals surface area (Å²) in [6, 6.07) is 3.75. The smallest absolute Gasteiger partial charge is 0.158 e. The maximum absolute atomic E-state index is 6.16. The molecule has 0 unspecified atom stereocenters. The molecule has 2 aromatic rings. The Morgan fingerprint density at radius 3 is 2.26 bits per heavy atom. The van der Waals surface area contributed by atoms with E-state index < -0.39 is 0 Å². The van der Waals surface area contributed by atoms with Crippen LogP contribution in [0.15, 0.2) is 34.4 Å². The number of hydrogen-bond acceptors (Lipinski definition) is 8. The van der Waals surface area contributed by atoms with Crippen LogP contribution in [-0.2, 0) is 0 Å². The summed E-state index contributed by atoms with van der Waals surface area (Å²) in [5.41, 5.74) is 6.76. The molecule has 3 heterocycles. The van der Waals surface area contributed by atoms with Gasteiger partial charge < -0.3 is 10.6 Å². The Labute approximate surface area is 201 Å². The second kappa shape index (κ2) is 12.7. The largest absolute Gasteiger partial charge is 0.381 e. The number of pyridine rings is 1. The van der Waals surface area contributed by atoms with Crippen LogP contribution in [0.5, 0.6) is 0 Å². The number of thiol groups is 1. The van der Waals surface area contributed by atoms with Crippen molar-refractivity contribution in [2.75, 3.05) is 23.7 Å². The van der Waals surface area contributed by atoms with Crippen molar-refractivity contribution in [1.82, 2.24) is 15.0 Å². The lowest BCUT2D eigenvalue weighted by molar-refractivity contribution is 0.226. The highest BCUT2D eigenvalue weighted by Gasteiger charge is 2.37. The normalized spacial score (nSPS) is 17.1. The highest BCUT2D eigenvalue weighted by molar-refractivity contribution is 7.99. The summed E-state index contributed by atoms with van der Waals surface area (Å²) in [6.45, 7) is 8.60. The van der Waals surface area contributed by atoms with Gasteiger partial charge in [-0.05, 0) is 49.1 Å². The van der Waals surface area contributed by atoms with Gasteiger partial charge in [-0.15, -0.1) is 12.8 Å². The molecule has 0 aromatic carbocycles. The minimum atomic E-state index is 0.448. The van der Waals surface area contributed by atoms with E-state index in [9.17, 15) is 0 Å². The molecular weight excluding hydrogens is 448 g/mol. The summed E-state index contributed by atoms with van der Waals surface area (Å²) >= 11 is 10.5. The molecule has 2 fully saturated rings. The molecule has 0 atom stereocenters. The number of nitrogen functional groups attached to an aromatic ring is 1. The van der Waals surface area contributed by atoms with E-state index in [-0.39, 0.29) is 0 Å². The fraction of sp³-hybridized carbons (Fsp3) is 0.591. The number of aromatic nitrogens is 3. The third-order valence-corrected chi connectivity index (χ3v) is 6.97. The fourth-order valence-electron chi connectivity index (χ4n) is 4.00. The van der Waals surface area contributed by atoms with Crippen LogP contribution in [0.4, 0.5) is 11.6 Å². The van der Waals surface area contributed by atoms with E-state index in [0.29, 0.717) is 21.4 Å². The summed E-state index contributed by atoms with van der Waals surface area (Å²) in [7, 11) is 0. The van der Waals surface area contributed by atoms with Gasteiger partial charge in [-0.25, -0.2) is 15.0 Å². The summed E-state index contributed by atoms with van der Waals surface area (Å²) in [5.74, 6) is 2.16. The monoisotopic (exact) mass is 482 g/mol. The van der Waals surface area contributed by atoms with Gasteiger partial charge in [0.15, 0.2) is 5.82 Å². The zero-order chi connectivity index (χ0) is 22.9. The second-order valence-electron chi connectivity index (χ2n) is 8.74. The summed E-state index contributed by atoms with van der Waals surface area (Å²) in [4.78, 5) is 16.3. The number of rotatable bonds is 3. The molecular formula is C22H35ClN6S2. The standard InChI is InChI=1S/C18H22ClN5S.C4H10.H3NS/c19-15-13(4-3-9-21-15)25-17-16(20)23-14(12-22-17)24-10-7-18(8-11-24)5-1-2-6-18;1-4(2)3;1-2/h3-4,9,12H,1-2,5-8,10-11H2,(H2,20,23);4H,1-3H3;2H,1H2. The molecule has 1 aliphatic heterocycles. The van der Waals surface area contributed by atoms with Crippen molar-refractivity contribution >= 4 is 47.8 Å². The molecule has 1 saturated heterocycles. The van der Waals surface area contributed by atoms with Crippen LogP contribution in [0.2, 0.25) is 5.15 Å². The van der Waals surface area contributed by atoms with Gasteiger partial charge >= 0.3 is 0 Å². The summed E-state index contributed by atoms with van der Waals surface area (Å²) in [5, 5.41) is 5.32. The Morgan fingerprint density at radius 2 is 1.71 bits per heavy atom. The van der Waals surface area contributed by atoms with Gasteiger partial charge in [-0.2, -0.15) is 0 Å². The predicted molar refractivity (Wildman–Crippen MR) is 136 cm³/mol. The van der Waals surface area contributed by atoms with Gasteiger partial charge in [0.1, 0.15) is 16.0 Å². The molecule has 31 heavy (non-hydrogen) atoms. The first kappa shape index (κ1) is 26.0. The lowest BCUT2D eigenvalue weighted by Gasteiger charge is -2.39. The van der Waals surface area contributed by atoms with Gasteiger partial charge in [0.05, 0.1) is 11.1 Å². The van der Waals surface area contributed by atoms with E-state index in [4.69, 9.17) is 17.3 Å². The second-order valence-corrected chi connectivity index (χ2v) is 10.1. The van der Waals surface area contributed by atoms with Crippen LogP contribution in [-0.4, -0.2) is 28.0 Å². The van der Waals surface area contributed by atoms with Crippen LogP contribution in [0.25, 0.3) is 0 Å². The zero-order valence-electron chi connectivity index (χ0n) is 18.7. The molecule has 9 heteroatoms. The molecule has 2 aliphatic rings. The van der Waals surface area contributed by atoms with Crippen molar-refractivity contribution < 1.29 is 0 Å².